The van der Waals surface area contributed by atoms with Gasteiger partial charge in [-0.25, -0.2) is 4.39 Å². The van der Waals surface area contributed by atoms with Crippen LogP contribution < -0.4 is 4.74 Å². The molecule has 1 atom stereocenters. The number of amides is 1. The lowest BCUT2D eigenvalue weighted by molar-refractivity contribution is -0.149. The van der Waals surface area contributed by atoms with Gasteiger partial charge in [-0.1, -0.05) is 6.07 Å². The van der Waals surface area contributed by atoms with Gasteiger partial charge in [-0.2, -0.15) is 11.8 Å². The number of carbonyl (C=O) groups excluding carboxylic acids is 1. The van der Waals surface area contributed by atoms with E-state index in [0.29, 0.717) is 19.7 Å². The van der Waals surface area contributed by atoms with E-state index in [1.807, 2.05) is 22.7 Å². The molecule has 1 aromatic rings. The van der Waals surface area contributed by atoms with Crippen LogP contribution in [0.3, 0.4) is 0 Å². The van der Waals surface area contributed by atoms with E-state index in [0.717, 1.165) is 36.7 Å². The van der Waals surface area contributed by atoms with Crippen LogP contribution in [0.5, 0.6) is 5.75 Å². The van der Waals surface area contributed by atoms with Crippen LogP contribution in [0.1, 0.15) is 5.56 Å². The second-order valence-corrected chi connectivity index (χ2v) is 7.23. The highest BCUT2D eigenvalue weighted by atomic mass is 32.2. The van der Waals surface area contributed by atoms with Gasteiger partial charge in [-0.15, -0.1) is 0 Å². The fraction of sp³-hybridized carbons (Fsp3) is 0.588. The summed E-state index contributed by atoms with van der Waals surface area (Å²) in [6.07, 6.45) is -0.412. The van der Waals surface area contributed by atoms with Crippen LogP contribution >= 0.6 is 11.8 Å². The molecule has 0 saturated carbocycles. The summed E-state index contributed by atoms with van der Waals surface area (Å²) in [6.45, 7) is 4.02. The summed E-state index contributed by atoms with van der Waals surface area (Å²) < 4.78 is 24.5. The van der Waals surface area contributed by atoms with Gasteiger partial charge in [0.05, 0.1) is 13.7 Å². The number of methoxy groups -OCH3 is 1. The Labute approximate surface area is 146 Å². The molecular formula is C17H23FN2O3S. The molecule has 2 saturated heterocycles. The average molecular weight is 354 g/mol. The standard InChI is InChI=1S/C17H23FN2O3S/c1-22-15-3-2-13(10-14(15)18)11-19-4-7-23-16(12-19)17(21)20-5-8-24-9-6-20/h2-3,10,16H,4-9,11-12H2,1H3. The molecule has 5 nitrogen and oxygen atoms in total. The molecule has 2 aliphatic heterocycles. The number of hydrogen-bond acceptors (Lipinski definition) is 5. The minimum Gasteiger partial charge on any atom is -0.494 e. The van der Waals surface area contributed by atoms with Crippen molar-refractivity contribution in [1.82, 2.24) is 9.80 Å². The van der Waals surface area contributed by atoms with Crippen molar-refractivity contribution in [2.75, 3.05) is 51.4 Å². The number of rotatable bonds is 4. The van der Waals surface area contributed by atoms with Gasteiger partial charge in [-0.05, 0) is 17.7 Å². The molecule has 0 N–H and O–H groups in total. The fourth-order valence-electron chi connectivity index (χ4n) is 3.05. The first kappa shape index (κ1) is 17.5. The number of hydrogen-bond donors (Lipinski definition) is 0. The molecule has 7 heteroatoms. The van der Waals surface area contributed by atoms with Gasteiger partial charge < -0.3 is 14.4 Å². The predicted octanol–water partition coefficient (Wildman–Crippen LogP) is 1.61. The first-order chi connectivity index (χ1) is 11.7. The molecular weight excluding hydrogens is 331 g/mol. The van der Waals surface area contributed by atoms with Gasteiger partial charge in [-0.3, -0.25) is 9.69 Å². The largest absolute Gasteiger partial charge is 0.494 e. The van der Waals surface area contributed by atoms with Crippen molar-refractivity contribution in [2.45, 2.75) is 12.6 Å². The number of halogens is 1. The van der Waals surface area contributed by atoms with Crippen LogP contribution in [0.4, 0.5) is 4.39 Å². The Morgan fingerprint density at radius 3 is 2.88 bits per heavy atom. The summed E-state index contributed by atoms with van der Waals surface area (Å²) in [5, 5.41) is 0. The maximum Gasteiger partial charge on any atom is 0.253 e. The van der Waals surface area contributed by atoms with E-state index in [9.17, 15) is 9.18 Å². The third-order valence-corrected chi connectivity index (χ3v) is 5.31. The van der Waals surface area contributed by atoms with Crippen LogP contribution in [0.2, 0.25) is 0 Å². The van der Waals surface area contributed by atoms with Crippen LogP contribution in [-0.4, -0.2) is 73.2 Å². The molecule has 0 aliphatic carbocycles. The number of nitrogens with zero attached hydrogens (tertiary/aromatic N) is 2. The molecule has 132 valence electrons. The molecule has 3 rings (SSSR count). The second-order valence-electron chi connectivity index (χ2n) is 6.00. The van der Waals surface area contributed by atoms with Gasteiger partial charge in [0.1, 0.15) is 6.10 Å². The summed E-state index contributed by atoms with van der Waals surface area (Å²) in [5.41, 5.74) is 0.871. The highest BCUT2D eigenvalue weighted by Crippen LogP contribution is 2.20. The number of benzene rings is 1. The topological polar surface area (TPSA) is 42.0 Å². The quantitative estimate of drug-likeness (QED) is 0.822. The summed E-state index contributed by atoms with van der Waals surface area (Å²) in [4.78, 5) is 16.6. The third-order valence-electron chi connectivity index (χ3n) is 4.37. The molecule has 0 aromatic heterocycles. The summed E-state index contributed by atoms with van der Waals surface area (Å²) in [7, 11) is 1.45. The Kier molecular flexibility index (Phi) is 5.97. The molecule has 1 amide bonds. The van der Waals surface area contributed by atoms with E-state index >= 15 is 0 Å². The van der Waals surface area contributed by atoms with E-state index < -0.39 is 6.10 Å². The predicted molar refractivity (Wildman–Crippen MR) is 91.9 cm³/mol. The maximum absolute atomic E-state index is 13.8. The monoisotopic (exact) mass is 354 g/mol. The zero-order chi connectivity index (χ0) is 16.9. The van der Waals surface area contributed by atoms with E-state index in [2.05, 4.69) is 4.90 Å². The molecule has 2 heterocycles. The zero-order valence-electron chi connectivity index (χ0n) is 13.9. The van der Waals surface area contributed by atoms with Gasteiger partial charge in [0, 0.05) is 44.2 Å². The molecule has 2 aliphatic rings. The Balaban J connectivity index is 1.59. The molecule has 0 spiro atoms. The Hall–Kier alpha value is -1.31. The number of carbonyl (C=O) groups is 1. The van der Waals surface area contributed by atoms with Crippen LogP contribution in [0, 0.1) is 5.82 Å². The zero-order valence-corrected chi connectivity index (χ0v) is 14.7. The Morgan fingerprint density at radius 1 is 1.38 bits per heavy atom. The highest BCUT2D eigenvalue weighted by Gasteiger charge is 2.30. The normalized spacial score (nSPS) is 22.4. The molecule has 2 fully saturated rings. The van der Waals surface area contributed by atoms with Gasteiger partial charge in [0.15, 0.2) is 11.6 Å². The minimum atomic E-state index is -0.412. The number of thioether (sulfide) groups is 1. The van der Waals surface area contributed by atoms with Crippen LogP contribution in [0.25, 0.3) is 0 Å². The molecule has 0 bridgehead atoms. The lowest BCUT2D eigenvalue weighted by Crippen LogP contribution is -2.52. The summed E-state index contributed by atoms with van der Waals surface area (Å²) >= 11 is 1.88. The lowest BCUT2D eigenvalue weighted by atomic mass is 10.1. The molecule has 24 heavy (non-hydrogen) atoms. The minimum absolute atomic E-state index is 0.0842. The molecule has 1 unspecified atom stereocenters. The highest BCUT2D eigenvalue weighted by molar-refractivity contribution is 7.99. The third kappa shape index (κ3) is 4.20. The van der Waals surface area contributed by atoms with E-state index in [4.69, 9.17) is 9.47 Å². The van der Waals surface area contributed by atoms with Gasteiger partial charge in [0.2, 0.25) is 0 Å². The van der Waals surface area contributed by atoms with E-state index in [1.165, 1.54) is 13.2 Å². The van der Waals surface area contributed by atoms with Crippen molar-refractivity contribution < 1.29 is 18.7 Å². The van der Waals surface area contributed by atoms with Crippen molar-refractivity contribution in [3.05, 3.63) is 29.6 Å². The summed E-state index contributed by atoms with van der Waals surface area (Å²) in [5.74, 6) is 1.96. The number of morpholine rings is 1. The lowest BCUT2D eigenvalue weighted by Gasteiger charge is -2.36. The molecule has 0 radical (unpaired) electrons. The van der Waals surface area contributed by atoms with Gasteiger partial charge >= 0.3 is 0 Å². The Bertz CT molecular complexity index is 581. The number of ether oxygens (including phenoxy) is 2. The molecule has 1 aromatic carbocycles. The van der Waals surface area contributed by atoms with Crippen molar-refractivity contribution >= 4 is 17.7 Å². The summed E-state index contributed by atoms with van der Waals surface area (Å²) in [6, 6.07) is 4.99. The maximum atomic E-state index is 13.8. The van der Waals surface area contributed by atoms with Crippen molar-refractivity contribution in [3.8, 4) is 5.75 Å². The average Bonchev–Trinajstić information content (AvgIpc) is 2.62. The first-order valence-corrected chi connectivity index (χ1v) is 9.36. The van der Waals surface area contributed by atoms with Crippen LogP contribution in [0.15, 0.2) is 18.2 Å². The van der Waals surface area contributed by atoms with Crippen molar-refractivity contribution in [2.24, 2.45) is 0 Å². The smallest absolute Gasteiger partial charge is 0.253 e. The van der Waals surface area contributed by atoms with Crippen molar-refractivity contribution in [1.29, 1.82) is 0 Å². The Morgan fingerprint density at radius 2 is 2.17 bits per heavy atom. The van der Waals surface area contributed by atoms with E-state index in [-0.39, 0.29) is 17.5 Å². The van der Waals surface area contributed by atoms with Crippen LogP contribution in [-0.2, 0) is 16.1 Å². The van der Waals surface area contributed by atoms with Crippen molar-refractivity contribution in [3.63, 3.8) is 0 Å². The first-order valence-electron chi connectivity index (χ1n) is 8.20. The SMILES string of the molecule is COc1ccc(CN2CCOC(C(=O)N3CCSCC3)C2)cc1F. The fourth-order valence-corrected chi connectivity index (χ4v) is 3.95. The van der Waals surface area contributed by atoms with E-state index in [1.54, 1.807) is 6.07 Å². The van der Waals surface area contributed by atoms with Gasteiger partial charge in [0.25, 0.3) is 5.91 Å². The second kappa shape index (κ2) is 8.18.